The van der Waals surface area contributed by atoms with Crippen LogP contribution in [0.25, 0.3) is 23.2 Å². The van der Waals surface area contributed by atoms with E-state index in [9.17, 15) is 4.79 Å². The summed E-state index contributed by atoms with van der Waals surface area (Å²) < 4.78 is 7.56. The minimum atomic E-state index is -0.167. The summed E-state index contributed by atoms with van der Waals surface area (Å²) in [5.74, 6) is 1.29. The molecule has 0 spiro atoms. The number of ether oxygens (including phenoxy) is 1. The molecule has 0 N–H and O–H groups in total. The van der Waals surface area contributed by atoms with Crippen molar-refractivity contribution in [3.63, 3.8) is 0 Å². The number of para-hydroxylation sites is 1. The third kappa shape index (κ3) is 3.31. The van der Waals surface area contributed by atoms with Crippen LogP contribution in [0.1, 0.15) is 23.2 Å². The number of thiazole rings is 1. The lowest BCUT2D eigenvalue weighted by Gasteiger charge is -2.05. The van der Waals surface area contributed by atoms with E-state index in [1.54, 1.807) is 11.3 Å². The summed E-state index contributed by atoms with van der Waals surface area (Å²) in [7, 11) is 0. The van der Waals surface area contributed by atoms with Crippen LogP contribution < -0.4 is 14.8 Å². The fraction of sp³-hybridized carbons (Fsp3) is 0.105. The van der Waals surface area contributed by atoms with Gasteiger partial charge in [-0.05, 0) is 42.7 Å². The van der Waals surface area contributed by atoms with Crippen LogP contribution in [0, 0.1) is 0 Å². The van der Waals surface area contributed by atoms with E-state index in [1.807, 2.05) is 66.9 Å². The molecule has 0 radical (unpaired) electrons. The van der Waals surface area contributed by atoms with Gasteiger partial charge in [-0.15, -0.1) is 16.4 Å². The zero-order valence-electron chi connectivity index (χ0n) is 14.0. The van der Waals surface area contributed by atoms with Crippen molar-refractivity contribution < 1.29 is 4.74 Å². The molecule has 26 heavy (non-hydrogen) atoms. The Morgan fingerprint density at radius 1 is 1.19 bits per heavy atom. The van der Waals surface area contributed by atoms with Gasteiger partial charge in [-0.3, -0.25) is 4.79 Å². The second-order valence-electron chi connectivity index (χ2n) is 5.40. The molecule has 0 aliphatic heterocycles. The number of rotatable bonds is 5. The first-order valence-electron chi connectivity index (χ1n) is 8.09. The summed E-state index contributed by atoms with van der Waals surface area (Å²) in [6, 6.07) is 11.7. The second kappa shape index (κ2) is 7.23. The van der Waals surface area contributed by atoms with Gasteiger partial charge in [0.05, 0.1) is 11.1 Å². The second-order valence-corrected chi connectivity index (χ2v) is 7.39. The van der Waals surface area contributed by atoms with Crippen molar-refractivity contribution in [2.45, 2.75) is 6.92 Å². The molecule has 5 nitrogen and oxygen atoms in total. The SMILES string of the molecule is CCOc1ccccc1C=c1sc2nc(C=Cc3cccs3)nn2c1=O. The molecule has 130 valence electrons. The van der Waals surface area contributed by atoms with Crippen LogP contribution in [0.15, 0.2) is 46.6 Å². The molecule has 0 aliphatic rings. The van der Waals surface area contributed by atoms with Crippen LogP contribution in [0.3, 0.4) is 0 Å². The first-order chi connectivity index (χ1) is 12.7. The van der Waals surface area contributed by atoms with Crippen molar-refractivity contribution in [2.24, 2.45) is 0 Å². The minimum absolute atomic E-state index is 0.167. The van der Waals surface area contributed by atoms with Crippen LogP contribution in [-0.2, 0) is 0 Å². The van der Waals surface area contributed by atoms with E-state index in [1.165, 1.54) is 15.9 Å². The Morgan fingerprint density at radius 3 is 2.85 bits per heavy atom. The number of aromatic nitrogens is 3. The van der Waals surface area contributed by atoms with Gasteiger partial charge >= 0.3 is 0 Å². The largest absolute Gasteiger partial charge is 0.493 e. The molecule has 7 heteroatoms. The van der Waals surface area contributed by atoms with Gasteiger partial charge in [-0.2, -0.15) is 9.50 Å². The molecule has 0 fully saturated rings. The third-order valence-corrected chi connectivity index (χ3v) is 5.44. The molecule has 0 saturated heterocycles. The maximum Gasteiger partial charge on any atom is 0.291 e. The van der Waals surface area contributed by atoms with E-state index in [-0.39, 0.29) is 5.56 Å². The molecule has 0 atom stereocenters. The first-order valence-corrected chi connectivity index (χ1v) is 9.79. The van der Waals surface area contributed by atoms with E-state index in [0.29, 0.717) is 21.9 Å². The molecule has 0 amide bonds. The monoisotopic (exact) mass is 381 g/mol. The van der Waals surface area contributed by atoms with E-state index < -0.39 is 0 Å². The van der Waals surface area contributed by atoms with Gasteiger partial charge in [0.2, 0.25) is 4.96 Å². The number of hydrogen-bond donors (Lipinski definition) is 0. The van der Waals surface area contributed by atoms with Crippen molar-refractivity contribution in [1.82, 2.24) is 14.6 Å². The Bertz CT molecular complexity index is 1170. The van der Waals surface area contributed by atoms with Crippen LogP contribution in [0.2, 0.25) is 0 Å². The Hall–Kier alpha value is -2.77. The van der Waals surface area contributed by atoms with Crippen LogP contribution in [-0.4, -0.2) is 21.2 Å². The number of nitrogens with zero attached hydrogens (tertiary/aromatic N) is 3. The summed E-state index contributed by atoms with van der Waals surface area (Å²) >= 11 is 2.96. The Morgan fingerprint density at radius 2 is 2.08 bits per heavy atom. The smallest absolute Gasteiger partial charge is 0.291 e. The lowest BCUT2D eigenvalue weighted by atomic mass is 10.2. The number of benzene rings is 1. The maximum atomic E-state index is 12.6. The highest BCUT2D eigenvalue weighted by Crippen LogP contribution is 2.18. The highest BCUT2D eigenvalue weighted by molar-refractivity contribution is 7.15. The van der Waals surface area contributed by atoms with Crippen molar-refractivity contribution in [1.29, 1.82) is 0 Å². The molecular weight excluding hydrogens is 366 g/mol. The molecule has 0 unspecified atom stereocenters. The van der Waals surface area contributed by atoms with Gasteiger partial charge in [-0.25, -0.2) is 0 Å². The fourth-order valence-corrected chi connectivity index (χ4v) is 4.01. The summed E-state index contributed by atoms with van der Waals surface area (Å²) in [5, 5.41) is 6.31. The number of fused-ring (bicyclic) bond motifs is 1. The Balaban J connectivity index is 1.71. The average molecular weight is 381 g/mol. The third-order valence-electron chi connectivity index (χ3n) is 3.64. The summed E-state index contributed by atoms with van der Waals surface area (Å²) in [4.78, 5) is 18.8. The Kier molecular flexibility index (Phi) is 4.64. The van der Waals surface area contributed by atoms with E-state index >= 15 is 0 Å². The van der Waals surface area contributed by atoms with Crippen molar-refractivity contribution >= 4 is 45.9 Å². The molecule has 3 aromatic heterocycles. The van der Waals surface area contributed by atoms with E-state index in [4.69, 9.17) is 4.74 Å². The van der Waals surface area contributed by atoms with Crippen LogP contribution in [0.5, 0.6) is 5.75 Å². The van der Waals surface area contributed by atoms with Crippen molar-refractivity contribution in [3.8, 4) is 5.75 Å². The number of hydrogen-bond acceptors (Lipinski definition) is 6. The summed E-state index contributed by atoms with van der Waals surface area (Å²) in [6.07, 6.45) is 5.59. The quantitative estimate of drug-likeness (QED) is 0.532. The molecule has 0 bridgehead atoms. The zero-order valence-corrected chi connectivity index (χ0v) is 15.6. The standard InChI is InChI=1S/C19H15N3O2S2/c1-2-24-15-8-4-3-6-13(15)12-16-18(23)22-19(26-16)20-17(21-22)10-9-14-7-5-11-25-14/h3-12H,2H2,1H3. The molecule has 4 rings (SSSR count). The van der Waals surface area contributed by atoms with Gasteiger partial charge in [0.15, 0.2) is 5.82 Å². The fourth-order valence-electron chi connectivity index (χ4n) is 2.49. The lowest BCUT2D eigenvalue weighted by molar-refractivity contribution is 0.339. The lowest BCUT2D eigenvalue weighted by Crippen LogP contribution is -2.23. The van der Waals surface area contributed by atoms with E-state index in [0.717, 1.165) is 16.2 Å². The molecule has 3 heterocycles. The maximum absolute atomic E-state index is 12.6. The van der Waals surface area contributed by atoms with Gasteiger partial charge in [-0.1, -0.05) is 35.6 Å². The topological polar surface area (TPSA) is 56.5 Å². The summed E-state index contributed by atoms with van der Waals surface area (Å²) in [5.41, 5.74) is 0.702. The van der Waals surface area contributed by atoms with Crippen LogP contribution >= 0.6 is 22.7 Å². The first kappa shape index (κ1) is 16.7. The van der Waals surface area contributed by atoms with Crippen molar-refractivity contribution in [3.05, 3.63) is 72.9 Å². The highest BCUT2D eigenvalue weighted by atomic mass is 32.1. The van der Waals surface area contributed by atoms with Crippen molar-refractivity contribution in [2.75, 3.05) is 6.61 Å². The highest BCUT2D eigenvalue weighted by Gasteiger charge is 2.09. The zero-order chi connectivity index (χ0) is 17.9. The molecular formula is C19H15N3O2S2. The predicted octanol–water partition coefficient (Wildman–Crippen LogP) is 3.33. The minimum Gasteiger partial charge on any atom is -0.493 e. The molecule has 0 aliphatic carbocycles. The average Bonchev–Trinajstić information content (AvgIpc) is 3.35. The van der Waals surface area contributed by atoms with E-state index in [2.05, 4.69) is 10.1 Å². The number of thiophene rings is 1. The predicted molar refractivity (Wildman–Crippen MR) is 107 cm³/mol. The van der Waals surface area contributed by atoms with Gasteiger partial charge < -0.3 is 4.74 Å². The molecule has 1 aromatic carbocycles. The van der Waals surface area contributed by atoms with Crippen LogP contribution in [0.4, 0.5) is 0 Å². The van der Waals surface area contributed by atoms with Gasteiger partial charge in [0.25, 0.3) is 5.56 Å². The summed E-state index contributed by atoms with van der Waals surface area (Å²) in [6.45, 7) is 2.51. The van der Waals surface area contributed by atoms with Gasteiger partial charge in [0, 0.05) is 10.4 Å². The molecule has 0 saturated carbocycles. The normalized spacial score (nSPS) is 12.4. The van der Waals surface area contributed by atoms with Gasteiger partial charge in [0.1, 0.15) is 5.75 Å². The Labute approximate surface area is 157 Å². The molecule has 4 aromatic rings.